The summed E-state index contributed by atoms with van der Waals surface area (Å²) < 4.78 is 27.5. The SMILES string of the molecule is COC(C)(C)C(=O)Nc1ccc(S(N)(=O)=O)cc1C. The van der Waals surface area contributed by atoms with E-state index in [0.717, 1.165) is 0 Å². The molecular formula is C12H18N2O4S. The molecular weight excluding hydrogens is 268 g/mol. The molecule has 0 saturated heterocycles. The van der Waals surface area contributed by atoms with Gasteiger partial charge in [-0.2, -0.15) is 0 Å². The van der Waals surface area contributed by atoms with E-state index in [9.17, 15) is 13.2 Å². The van der Waals surface area contributed by atoms with Gasteiger partial charge in [0.05, 0.1) is 4.90 Å². The molecule has 0 heterocycles. The largest absolute Gasteiger partial charge is 0.369 e. The van der Waals surface area contributed by atoms with Gasteiger partial charge in [-0.25, -0.2) is 13.6 Å². The Labute approximate surface area is 113 Å². The van der Waals surface area contributed by atoms with E-state index in [-0.39, 0.29) is 10.8 Å². The van der Waals surface area contributed by atoms with Crippen molar-refractivity contribution in [3.63, 3.8) is 0 Å². The molecule has 0 aromatic heterocycles. The second-order valence-corrected chi connectivity index (χ2v) is 6.25. The lowest BCUT2D eigenvalue weighted by Gasteiger charge is -2.22. The molecule has 6 nitrogen and oxygen atoms in total. The van der Waals surface area contributed by atoms with E-state index in [0.29, 0.717) is 11.3 Å². The first-order valence-electron chi connectivity index (χ1n) is 5.58. The summed E-state index contributed by atoms with van der Waals surface area (Å²) in [6, 6.07) is 4.25. The first kappa shape index (κ1) is 15.6. The highest BCUT2D eigenvalue weighted by molar-refractivity contribution is 7.89. The fourth-order valence-electron chi connectivity index (χ4n) is 1.32. The van der Waals surface area contributed by atoms with Gasteiger partial charge in [0.25, 0.3) is 5.91 Å². The van der Waals surface area contributed by atoms with Gasteiger partial charge in [-0.05, 0) is 44.5 Å². The Kier molecular flexibility index (Phi) is 4.34. The number of sulfonamides is 1. The maximum atomic E-state index is 11.9. The maximum Gasteiger partial charge on any atom is 0.256 e. The van der Waals surface area contributed by atoms with Crippen LogP contribution < -0.4 is 10.5 Å². The molecule has 0 aliphatic rings. The third-order valence-electron chi connectivity index (χ3n) is 2.83. The van der Waals surface area contributed by atoms with E-state index in [1.54, 1.807) is 20.8 Å². The van der Waals surface area contributed by atoms with E-state index < -0.39 is 15.6 Å². The summed E-state index contributed by atoms with van der Waals surface area (Å²) in [5.41, 5.74) is 0.153. The third kappa shape index (κ3) is 3.76. The second kappa shape index (κ2) is 5.28. The molecule has 1 rings (SSSR count). The van der Waals surface area contributed by atoms with Crippen LogP contribution in [0.2, 0.25) is 0 Å². The van der Waals surface area contributed by atoms with E-state index in [2.05, 4.69) is 5.32 Å². The van der Waals surface area contributed by atoms with Gasteiger partial charge in [-0.15, -0.1) is 0 Å². The molecule has 0 fully saturated rings. The molecule has 1 aromatic carbocycles. The van der Waals surface area contributed by atoms with Gasteiger partial charge >= 0.3 is 0 Å². The van der Waals surface area contributed by atoms with E-state index in [1.807, 2.05) is 0 Å². The molecule has 106 valence electrons. The highest BCUT2D eigenvalue weighted by Gasteiger charge is 2.27. The maximum absolute atomic E-state index is 11.9. The highest BCUT2D eigenvalue weighted by atomic mass is 32.2. The van der Waals surface area contributed by atoms with Crippen molar-refractivity contribution in [2.45, 2.75) is 31.3 Å². The molecule has 7 heteroatoms. The van der Waals surface area contributed by atoms with Crippen LogP contribution >= 0.6 is 0 Å². The Hall–Kier alpha value is -1.44. The molecule has 0 unspecified atom stereocenters. The number of anilines is 1. The predicted molar refractivity (Wildman–Crippen MR) is 72.3 cm³/mol. The molecule has 0 radical (unpaired) electrons. The Bertz CT molecular complexity index is 594. The number of rotatable bonds is 4. The minimum Gasteiger partial charge on any atom is -0.369 e. The lowest BCUT2D eigenvalue weighted by atomic mass is 10.1. The summed E-state index contributed by atoms with van der Waals surface area (Å²) in [6.45, 7) is 4.96. The number of carbonyl (C=O) groups excluding carboxylic acids is 1. The second-order valence-electron chi connectivity index (χ2n) is 4.69. The smallest absolute Gasteiger partial charge is 0.256 e. The molecule has 3 N–H and O–H groups in total. The minimum atomic E-state index is -3.74. The van der Waals surface area contributed by atoms with Crippen molar-refractivity contribution in [3.05, 3.63) is 23.8 Å². The van der Waals surface area contributed by atoms with Gasteiger partial charge in [-0.3, -0.25) is 4.79 Å². The van der Waals surface area contributed by atoms with E-state index in [4.69, 9.17) is 9.88 Å². The quantitative estimate of drug-likeness (QED) is 0.862. The number of aryl methyl sites for hydroxylation is 1. The third-order valence-corrected chi connectivity index (χ3v) is 3.74. The molecule has 0 aliphatic carbocycles. The number of amides is 1. The van der Waals surface area contributed by atoms with Crippen LogP contribution in [0.1, 0.15) is 19.4 Å². The normalized spacial score (nSPS) is 12.3. The number of hydrogen-bond donors (Lipinski definition) is 2. The first-order chi connectivity index (χ1) is 8.58. The minimum absolute atomic E-state index is 0.00833. The first-order valence-corrected chi connectivity index (χ1v) is 7.12. The van der Waals surface area contributed by atoms with Gasteiger partial charge in [0, 0.05) is 12.8 Å². The zero-order chi connectivity index (χ0) is 14.8. The Morgan fingerprint density at radius 3 is 2.37 bits per heavy atom. The fraction of sp³-hybridized carbons (Fsp3) is 0.417. The number of hydrogen-bond acceptors (Lipinski definition) is 4. The van der Waals surface area contributed by atoms with Gasteiger partial charge in [0.1, 0.15) is 5.60 Å². The van der Waals surface area contributed by atoms with Gasteiger partial charge in [0.15, 0.2) is 0 Å². The zero-order valence-corrected chi connectivity index (χ0v) is 12.2. The molecule has 0 saturated carbocycles. The molecule has 1 aromatic rings. The van der Waals surface area contributed by atoms with Crippen molar-refractivity contribution in [1.29, 1.82) is 0 Å². The van der Waals surface area contributed by atoms with Crippen molar-refractivity contribution in [3.8, 4) is 0 Å². The number of ether oxygens (including phenoxy) is 1. The molecule has 1 amide bonds. The van der Waals surface area contributed by atoms with E-state index in [1.165, 1.54) is 25.3 Å². The number of methoxy groups -OCH3 is 1. The number of benzene rings is 1. The topological polar surface area (TPSA) is 98.5 Å². The van der Waals surface area contributed by atoms with Crippen molar-refractivity contribution >= 4 is 21.6 Å². The van der Waals surface area contributed by atoms with Gasteiger partial charge < -0.3 is 10.1 Å². The van der Waals surface area contributed by atoms with Crippen LogP contribution in [0.3, 0.4) is 0 Å². The van der Waals surface area contributed by atoms with Crippen LogP contribution in [-0.2, 0) is 19.6 Å². The molecule has 0 bridgehead atoms. The van der Waals surface area contributed by atoms with Crippen molar-refractivity contribution in [2.24, 2.45) is 5.14 Å². The fourth-order valence-corrected chi connectivity index (χ4v) is 1.92. The van der Waals surface area contributed by atoms with Gasteiger partial charge in [-0.1, -0.05) is 0 Å². The standard InChI is InChI=1S/C12H18N2O4S/c1-8-7-9(19(13,16)17)5-6-10(8)14-11(15)12(2,3)18-4/h5-7H,1-4H3,(H,14,15)(H2,13,16,17). The number of carbonyl (C=O) groups is 1. The molecule has 0 atom stereocenters. The van der Waals surface area contributed by atoms with Crippen LogP contribution in [0.5, 0.6) is 0 Å². The molecule has 0 spiro atoms. The average Bonchev–Trinajstić information content (AvgIpc) is 2.30. The summed E-state index contributed by atoms with van der Waals surface area (Å²) in [7, 11) is -2.30. The lowest BCUT2D eigenvalue weighted by molar-refractivity contribution is -0.133. The van der Waals surface area contributed by atoms with Crippen LogP contribution in [0.15, 0.2) is 23.1 Å². The molecule has 0 aliphatic heterocycles. The number of nitrogens with two attached hydrogens (primary N) is 1. The lowest BCUT2D eigenvalue weighted by Crippen LogP contribution is -2.39. The summed E-state index contributed by atoms with van der Waals surface area (Å²) >= 11 is 0. The van der Waals surface area contributed by atoms with Gasteiger partial charge in [0.2, 0.25) is 10.0 Å². The summed E-state index contributed by atoms with van der Waals surface area (Å²) in [6.07, 6.45) is 0. The van der Waals surface area contributed by atoms with Crippen LogP contribution in [0.4, 0.5) is 5.69 Å². The monoisotopic (exact) mass is 286 g/mol. The Balaban J connectivity index is 3.03. The average molecular weight is 286 g/mol. The zero-order valence-electron chi connectivity index (χ0n) is 11.4. The van der Waals surface area contributed by atoms with Crippen molar-refractivity contribution in [1.82, 2.24) is 0 Å². The number of nitrogens with one attached hydrogen (secondary N) is 1. The van der Waals surface area contributed by atoms with Crippen LogP contribution in [0.25, 0.3) is 0 Å². The summed E-state index contributed by atoms with van der Waals surface area (Å²) in [4.78, 5) is 11.9. The highest BCUT2D eigenvalue weighted by Crippen LogP contribution is 2.20. The van der Waals surface area contributed by atoms with Crippen molar-refractivity contribution in [2.75, 3.05) is 12.4 Å². The predicted octanol–water partition coefficient (Wildman–Crippen LogP) is 1.01. The summed E-state index contributed by atoms with van der Waals surface area (Å²) in [5, 5.41) is 7.71. The Morgan fingerprint density at radius 1 is 1.37 bits per heavy atom. The summed E-state index contributed by atoms with van der Waals surface area (Å²) in [5.74, 6) is -0.318. The van der Waals surface area contributed by atoms with Crippen LogP contribution in [-0.4, -0.2) is 27.0 Å². The van der Waals surface area contributed by atoms with E-state index >= 15 is 0 Å². The van der Waals surface area contributed by atoms with Crippen molar-refractivity contribution < 1.29 is 17.9 Å². The Morgan fingerprint density at radius 2 is 1.95 bits per heavy atom. The number of primary sulfonamides is 1. The van der Waals surface area contributed by atoms with Crippen LogP contribution in [0, 0.1) is 6.92 Å². The molecule has 19 heavy (non-hydrogen) atoms.